The molecule has 2 aliphatic rings. The van der Waals surface area contributed by atoms with Crippen LogP contribution in [-0.4, -0.2) is 16.0 Å². The van der Waals surface area contributed by atoms with Crippen molar-refractivity contribution in [3.05, 3.63) is 12.2 Å². The summed E-state index contributed by atoms with van der Waals surface area (Å²) in [6, 6.07) is 0. The summed E-state index contributed by atoms with van der Waals surface area (Å²) in [5, 5.41) is 8.83. The van der Waals surface area contributed by atoms with Crippen LogP contribution in [0, 0.1) is 11.8 Å². The average Bonchev–Trinajstić information content (AvgIpc) is 2.45. The fourth-order valence-electron chi connectivity index (χ4n) is 2.04. The summed E-state index contributed by atoms with van der Waals surface area (Å²) in [5.41, 5.74) is 0. The molecular formula is C8H9ClO2. The van der Waals surface area contributed by atoms with Gasteiger partial charge in [-0.3, -0.25) is 4.79 Å². The van der Waals surface area contributed by atoms with Crippen LogP contribution in [0.15, 0.2) is 12.2 Å². The number of halogens is 1. The normalized spacial score (nSPS) is 46.6. The minimum absolute atomic E-state index is 0.0617. The van der Waals surface area contributed by atoms with Crippen molar-refractivity contribution in [2.24, 2.45) is 11.8 Å². The van der Waals surface area contributed by atoms with Gasteiger partial charge in [-0.2, -0.15) is 0 Å². The number of carboxylic acid groups (broad SMARTS) is 1. The third kappa shape index (κ3) is 0.822. The fourth-order valence-corrected chi connectivity index (χ4v) is 2.40. The molecule has 0 spiro atoms. The number of rotatable bonds is 1. The standard InChI is InChI=1S/C8H9ClO2/c9-8(7(10)11)4-5-1-2-6(8)3-5/h1-2,5-6H,3-4H2,(H,10,11)/t5-,6+,8-/m0/s1. The van der Waals surface area contributed by atoms with E-state index in [0.29, 0.717) is 12.3 Å². The zero-order chi connectivity index (χ0) is 8.06. The number of alkyl halides is 1. The molecule has 0 saturated heterocycles. The van der Waals surface area contributed by atoms with E-state index in [-0.39, 0.29) is 5.92 Å². The van der Waals surface area contributed by atoms with Crippen LogP contribution in [-0.2, 0) is 4.79 Å². The van der Waals surface area contributed by atoms with Gasteiger partial charge in [-0.1, -0.05) is 12.2 Å². The predicted octanol–water partition coefficient (Wildman–Crippen LogP) is 1.64. The van der Waals surface area contributed by atoms with E-state index in [0.717, 1.165) is 6.42 Å². The Morgan fingerprint density at radius 1 is 1.64 bits per heavy atom. The highest BCUT2D eigenvalue weighted by molar-refractivity contribution is 6.34. The summed E-state index contributed by atoms with van der Waals surface area (Å²) in [6.07, 6.45) is 5.55. The Balaban J connectivity index is 2.30. The maximum absolute atomic E-state index is 10.7. The van der Waals surface area contributed by atoms with Crippen molar-refractivity contribution in [2.75, 3.05) is 0 Å². The first-order chi connectivity index (χ1) is 5.13. The van der Waals surface area contributed by atoms with Crippen LogP contribution in [0.2, 0.25) is 0 Å². The lowest BCUT2D eigenvalue weighted by Crippen LogP contribution is -2.36. The van der Waals surface area contributed by atoms with E-state index in [2.05, 4.69) is 6.08 Å². The first kappa shape index (κ1) is 7.17. The molecule has 0 heterocycles. The molecule has 1 fully saturated rings. The van der Waals surface area contributed by atoms with Crippen LogP contribution in [0.5, 0.6) is 0 Å². The SMILES string of the molecule is O=C(O)[C@]1(Cl)C[C@H]2C=C[C@@H]1C2. The van der Waals surface area contributed by atoms with E-state index in [4.69, 9.17) is 16.7 Å². The van der Waals surface area contributed by atoms with Crippen molar-refractivity contribution in [1.82, 2.24) is 0 Å². The van der Waals surface area contributed by atoms with Crippen molar-refractivity contribution in [3.63, 3.8) is 0 Å². The van der Waals surface area contributed by atoms with Gasteiger partial charge in [0.2, 0.25) is 0 Å². The van der Waals surface area contributed by atoms with E-state index in [9.17, 15) is 4.79 Å². The van der Waals surface area contributed by atoms with Gasteiger partial charge in [0, 0.05) is 5.92 Å². The molecular weight excluding hydrogens is 164 g/mol. The summed E-state index contributed by atoms with van der Waals surface area (Å²) in [4.78, 5) is 9.76. The smallest absolute Gasteiger partial charge is 0.325 e. The van der Waals surface area contributed by atoms with Gasteiger partial charge in [0.05, 0.1) is 0 Å². The predicted molar refractivity (Wildman–Crippen MR) is 41.6 cm³/mol. The number of hydrogen-bond acceptors (Lipinski definition) is 1. The van der Waals surface area contributed by atoms with Gasteiger partial charge in [0.25, 0.3) is 0 Å². The van der Waals surface area contributed by atoms with Gasteiger partial charge in [-0.15, -0.1) is 11.6 Å². The summed E-state index contributed by atoms with van der Waals surface area (Å²) in [5.74, 6) is -0.392. The Morgan fingerprint density at radius 2 is 2.36 bits per heavy atom. The van der Waals surface area contributed by atoms with Crippen LogP contribution in [0.4, 0.5) is 0 Å². The zero-order valence-corrected chi connectivity index (χ0v) is 6.71. The molecule has 0 aliphatic heterocycles. The second-order valence-corrected chi connectivity index (χ2v) is 4.03. The number of allylic oxidation sites excluding steroid dienone is 2. The minimum atomic E-state index is -0.987. The number of fused-ring (bicyclic) bond motifs is 2. The van der Waals surface area contributed by atoms with Gasteiger partial charge in [-0.05, 0) is 18.8 Å². The number of carboxylic acids is 1. The maximum Gasteiger partial charge on any atom is 0.325 e. The fraction of sp³-hybridized carbons (Fsp3) is 0.625. The van der Waals surface area contributed by atoms with Crippen molar-refractivity contribution in [1.29, 1.82) is 0 Å². The zero-order valence-electron chi connectivity index (χ0n) is 5.96. The van der Waals surface area contributed by atoms with Crippen LogP contribution >= 0.6 is 11.6 Å². The molecule has 2 bridgehead atoms. The van der Waals surface area contributed by atoms with Crippen LogP contribution in [0.25, 0.3) is 0 Å². The molecule has 3 heteroatoms. The topological polar surface area (TPSA) is 37.3 Å². The molecule has 11 heavy (non-hydrogen) atoms. The van der Waals surface area contributed by atoms with Crippen molar-refractivity contribution in [2.45, 2.75) is 17.7 Å². The second kappa shape index (κ2) is 2.01. The first-order valence-corrected chi connectivity index (χ1v) is 4.11. The lowest BCUT2D eigenvalue weighted by atomic mass is 9.93. The molecule has 0 amide bonds. The molecule has 1 saturated carbocycles. The van der Waals surface area contributed by atoms with Crippen molar-refractivity contribution in [3.8, 4) is 0 Å². The second-order valence-electron chi connectivity index (χ2n) is 3.36. The molecule has 3 atom stereocenters. The molecule has 60 valence electrons. The van der Waals surface area contributed by atoms with Crippen LogP contribution < -0.4 is 0 Å². The third-order valence-corrected chi connectivity index (χ3v) is 3.27. The van der Waals surface area contributed by atoms with E-state index >= 15 is 0 Å². The highest BCUT2D eigenvalue weighted by Crippen LogP contribution is 2.50. The molecule has 0 aromatic heterocycles. The lowest BCUT2D eigenvalue weighted by molar-refractivity contribution is -0.140. The average molecular weight is 173 g/mol. The molecule has 2 aliphatic carbocycles. The summed E-state index contributed by atoms with van der Waals surface area (Å²) in [7, 11) is 0. The van der Waals surface area contributed by atoms with Crippen molar-refractivity contribution >= 4 is 17.6 Å². The number of hydrogen-bond donors (Lipinski definition) is 1. The highest BCUT2D eigenvalue weighted by atomic mass is 35.5. The van der Waals surface area contributed by atoms with E-state index < -0.39 is 10.8 Å². The third-order valence-electron chi connectivity index (χ3n) is 2.67. The molecule has 1 N–H and O–H groups in total. The summed E-state index contributed by atoms with van der Waals surface area (Å²) in [6.45, 7) is 0. The van der Waals surface area contributed by atoms with E-state index in [1.54, 1.807) is 0 Å². The van der Waals surface area contributed by atoms with E-state index in [1.165, 1.54) is 0 Å². The highest BCUT2D eigenvalue weighted by Gasteiger charge is 2.52. The maximum atomic E-state index is 10.7. The van der Waals surface area contributed by atoms with Gasteiger partial charge in [0.15, 0.2) is 0 Å². The van der Waals surface area contributed by atoms with Gasteiger partial charge in [-0.25, -0.2) is 0 Å². The van der Waals surface area contributed by atoms with Gasteiger partial charge < -0.3 is 5.11 Å². The summed E-state index contributed by atoms with van der Waals surface area (Å²) >= 11 is 5.95. The molecule has 0 aromatic rings. The molecule has 2 rings (SSSR count). The Labute approximate surface area is 69.9 Å². The van der Waals surface area contributed by atoms with E-state index in [1.807, 2.05) is 6.08 Å². The van der Waals surface area contributed by atoms with Crippen LogP contribution in [0.3, 0.4) is 0 Å². The van der Waals surface area contributed by atoms with Crippen molar-refractivity contribution < 1.29 is 9.90 Å². The number of carbonyl (C=O) groups is 1. The Bertz CT molecular complexity index is 236. The van der Waals surface area contributed by atoms with Gasteiger partial charge in [0.1, 0.15) is 4.87 Å². The molecule has 0 unspecified atom stereocenters. The lowest BCUT2D eigenvalue weighted by Gasteiger charge is -2.22. The monoisotopic (exact) mass is 172 g/mol. The molecule has 0 aromatic carbocycles. The minimum Gasteiger partial charge on any atom is -0.480 e. The molecule has 0 radical (unpaired) electrons. The Hall–Kier alpha value is -0.500. The quantitative estimate of drug-likeness (QED) is 0.482. The largest absolute Gasteiger partial charge is 0.480 e. The number of aliphatic carboxylic acids is 1. The first-order valence-electron chi connectivity index (χ1n) is 3.73. The molecule has 2 nitrogen and oxygen atoms in total. The van der Waals surface area contributed by atoms with Gasteiger partial charge >= 0.3 is 5.97 Å². The summed E-state index contributed by atoms with van der Waals surface area (Å²) < 4.78 is 0. The Morgan fingerprint density at radius 3 is 2.64 bits per heavy atom. The Kier molecular flexibility index (Phi) is 1.31. The van der Waals surface area contributed by atoms with Crippen LogP contribution in [0.1, 0.15) is 12.8 Å².